The second-order valence-corrected chi connectivity index (χ2v) is 38.5. The van der Waals surface area contributed by atoms with Crippen LogP contribution in [-0.4, -0.2) is 13.7 Å². The Morgan fingerprint density at radius 1 is 0.153 bits per heavy atom. The lowest BCUT2D eigenvalue weighted by Gasteiger charge is -2.18. The lowest BCUT2D eigenvalue weighted by molar-refractivity contribution is 1.16. The number of aryl methyl sites for hydroxylation is 2. The van der Waals surface area contributed by atoms with Crippen LogP contribution in [0.4, 0.5) is 0 Å². The molecule has 0 atom stereocenters. The van der Waals surface area contributed by atoms with Crippen LogP contribution in [0.25, 0.3) is 279 Å². The summed E-state index contributed by atoms with van der Waals surface area (Å²) in [4.78, 5) is 0. The van der Waals surface area contributed by atoms with Crippen molar-refractivity contribution in [3.05, 3.63) is 527 Å². The molecular weight excluding hydrogens is 1740 g/mol. The molecule has 0 amide bonds. The highest BCUT2D eigenvalue weighted by atomic mass is 15.0. The highest BCUT2D eigenvalue weighted by molar-refractivity contribution is 6.32. The van der Waals surface area contributed by atoms with Crippen molar-refractivity contribution < 1.29 is 0 Å². The van der Waals surface area contributed by atoms with Gasteiger partial charge in [-0.25, -0.2) is 0 Å². The van der Waals surface area contributed by atoms with Gasteiger partial charge in [0.1, 0.15) is 0 Å². The van der Waals surface area contributed by atoms with Crippen LogP contribution in [0.5, 0.6) is 0 Å². The van der Waals surface area contributed by atoms with Crippen molar-refractivity contribution in [1.29, 1.82) is 0 Å². The quantitative estimate of drug-likeness (QED) is 0.121. The van der Waals surface area contributed by atoms with Crippen LogP contribution in [0.15, 0.2) is 516 Å². The van der Waals surface area contributed by atoms with Gasteiger partial charge >= 0.3 is 0 Å². The van der Waals surface area contributed by atoms with Crippen LogP contribution in [0.2, 0.25) is 0 Å². The average molecular weight is 1830 g/mol. The van der Waals surface area contributed by atoms with Crippen molar-refractivity contribution in [2.75, 3.05) is 0 Å². The monoisotopic (exact) mass is 1830 g/mol. The number of rotatable bonds is 10. The molecule has 0 aliphatic heterocycles. The second kappa shape index (κ2) is 34.2. The molecule has 0 aliphatic rings. The Morgan fingerprint density at radius 2 is 0.382 bits per heavy atom. The van der Waals surface area contributed by atoms with Gasteiger partial charge in [0.15, 0.2) is 0 Å². The molecule has 3 heteroatoms. The molecule has 0 saturated carbocycles. The third-order valence-corrected chi connectivity index (χ3v) is 30.7. The Morgan fingerprint density at radius 3 is 0.708 bits per heavy atom. The fourth-order valence-corrected chi connectivity index (χ4v) is 24.5. The van der Waals surface area contributed by atoms with E-state index in [1.165, 1.54) is 278 Å². The highest BCUT2D eigenvalue weighted by Crippen LogP contribution is 2.52. The molecule has 30 aromatic rings. The van der Waals surface area contributed by atoms with E-state index in [1.54, 1.807) is 0 Å². The second-order valence-electron chi connectivity index (χ2n) is 38.5. The molecule has 3 heterocycles. The fourth-order valence-electron chi connectivity index (χ4n) is 24.5. The summed E-state index contributed by atoms with van der Waals surface area (Å²) in [5.41, 5.74) is 28.8. The summed E-state index contributed by atoms with van der Waals surface area (Å²) in [6, 6.07) is 190. The SMILES string of the molecule is CCc1cc2ccccc2c2c1c1c3ccccc3ccc1n2-c1ccc(-c2c3ccccc3c(-c3ccccc3)c3ccccc23)cc1.Cc1ccc2ccc3c4c5ccccc5ccc4n(-c4ccc(-c5c6ccccc6c(-c6ccccc6)c6ccccc56)cc4)c3c2c1.c1ccc(-c2c3ccccc3c(-c3ccc(-n4c5ccc6ccccc6c5c5ccc6ccccc6c54)cc3)c3ccccc23)cc1. The summed E-state index contributed by atoms with van der Waals surface area (Å²) in [7, 11) is 0. The molecule has 0 aliphatic carbocycles. The smallest absolute Gasteiger partial charge is 0.0622 e. The Balaban J connectivity index is 0.000000105. The van der Waals surface area contributed by atoms with Crippen LogP contribution in [0, 0.1) is 6.92 Å². The van der Waals surface area contributed by atoms with Crippen molar-refractivity contribution in [3.8, 4) is 83.8 Å². The van der Waals surface area contributed by atoms with Crippen molar-refractivity contribution >= 4 is 195 Å². The standard InChI is InChI=1S/C48H33N.C47H31N.C46H29N/c1-2-31-30-35-17-7-9-19-38(35)48-46(31)47-37-18-8-6-14-32(37)26-29-43(47)49(48)36-27-24-34(25-28-36)45-41-22-12-10-20-39(41)44(33-15-4-3-5-16-33)40-21-11-13-23-42(40)45;1-30-19-20-32-23-27-41-46-36-14-6-5-11-31(36)24-28-43(46)48(47(41)42(32)29-30)35-25-21-34(22-26-35)45-39-17-9-7-15-37(39)44(33-12-3-2-4-13-33)38-16-8-10-18-40(38)45;1-2-14-32(15-3-1)43-37-18-8-10-20-39(37)44(40-21-11-9-19-38(40)43)33-22-26-34(27-23-33)47-42-29-25-30-12-4-6-16-35(30)45(42)41-28-24-31-13-5-7-17-36(31)46(41)47/h3-30H,2H2,1H3;2-29H,1H3;1-29H. The minimum absolute atomic E-state index is 0.974. The van der Waals surface area contributed by atoms with Gasteiger partial charge in [0.2, 0.25) is 0 Å². The van der Waals surface area contributed by atoms with Gasteiger partial charge in [0.05, 0.1) is 33.1 Å². The lowest BCUT2D eigenvalue weighted by Crippen LogP contribution is -1.96. The minimum atomic E-state index is 0.974. The van der Waals surface area contributed by atoms with Crippen molar-refractivity contribution in [1.82, 2.24) is 13.7 Å². The summed E-state index contributed by atoms with van der Waals surface area (Å²) < 4.78 is 7.46. The van der Waals surface area contributed by atoms with Crippen LogP contribution >= 0.6 is 0 Å². The van der Waals surface area contributed by atoms with Gasteiger partial charge in [-0.1, -0.05) is 467 Å². The van der Waals surface area contributed by atoms with E-state index in [2.05, 4.69) is 543 Å². The predicted molar refractivity (Wildman–Crippen MR) is 619 cm³/mol. The van der Waals surface area contributed by atoms with Gasteiger partial charge in [-0.3, -0.25) is 0 Å². The Labute approximate surface area is 833 Å². The van der Waals surface area contributed by atoms with E-state index < -0.39 is 0 Å². The lowest BCUT2D eigenvalue weighted by atomic mass is 9.86. The molecule has 30 rings (SSSR count). The van der Waals surface area contributed by atoms with E-state index in [1.807, 2.05) is 0 Å². The van der Waals surface area contributed by atoms with Gasteiger partial charge in [-0.2, -0.15) is 0 Å². The summed E-state index contributed by atoms with van der Waals surface area (Å²) in [5, 5.41) is 38.5. The molecule has 672 valence electrons. The third-order valence-electron chi connectivity index (χ3n) is 30.7. The summed E-state index contributed by atoms with van der Waals surface area (Å²) in [6.07, 6.45) is 0.974. The van der Waals surface area contributed by atoms with E-state index in [0.29, 0.717) is 0 Å². The van der Waals surface area contributed by atoms with E-state index >= 15 is 0 Å². The summed E-state index contributed by atoms with van der Waals surface area (Å²) >= 11 is 0. The number of nitrogens with zero attached hydrogens (tertiary/aromatic N) is 3. The van der Waals surface area contributed by atoms with E-state index in [-0.39, 0.29) is 0 Å². The molecule has 0 bridgehead atoms. The number of fused-ring (bicyclic) bond motifs is 27. The van der Waals surface area contributed by atoms with Gasteiger partial charge in [0, 0.05) is 65.5 Å². The fraction of sp³-hybridized carbons (Fsp3) is 0.0213. The van der Waals surface area contributed by atoms with Crippen LogP contribution in [0.3, 0.4) is 0 Å². The Bertz CT molecular complexity index is 10300. The number of benzene rings is 27. The molecule has 0 N–H and O–H groups in total. The summed E-state index contributed by atoms with van der Waals surface area (Å²) in [6.45, 7) is 4.47. The van der Waals surface area contributed by atoms with Crippen LogP contribution in [-0.2, 0) is 6.42 Å². The van der Waals surface area contributed by atoms with Crippen molar-refractivity contribution in [2.24, 2.45) is 0 Å². The molecule has 0 saturated heterocycles. The number of hydrogen-bond donors (Lipinski definition) is 0. The first-order chi connectivity index (χ1) is 71.4. The first kappa shape index (κ1) is 83.6. The first-order valence-corrected chi connectivity index (χ1v) is 50.2. The molecule has 0 fully saturated rings. The van der Waals surface area contributed by atoms with E-state index in [4.69, 9.17) is 0 Å². The maximum atomic E-state index is 2.51. The first-order valence-electron chi connectivity index (χ1n) is 50.2. The molecule has 144 heavy (non-hydrogen) atoms. The Kier molecular flexibility index (Phi) is 19.9. The van der Waals surface area contributed by atoms with Gasteiger partial charge in [0.25, 0.3) is 0 Å². The topological polar surface area (TPSA) is 14.8 Å². The molecule has 3 nitrogen and oxygen atoms in total. The number of aromatic nitrogens is 3. The van der Waals surface area contributed by atoms with Crippen LogP contribution < -0.4 is 0 Å². The molecule has 0 radical (unpaired) electrons. The third kappa shape index (κ3) is 13.3. The Hall–Kier alpha value is -18.5. The van der Waals surface area contributed by atoms with Gasteiger partial charge in [-0.15, -0.1) is 0 Å². The molecule has 0 spiro atoms. The number of hydrogen-bond acceptors (Lipinski definition) is 0. The van der Waals surface area contributed by atoms with E-state index in [0.717, 1.165) is 17.8 Å². The largest absolute Gasteiger partial charge is 0.309 e. The van der Waals surface area contributed by atoms with E-state index in [9.17, 15) is 0 Å². The molecular formula is C141H93N3. The minimum Gasteiger partial charge on any atom is -0.309 e. The van der Waals surface area contributed by atoms with Gasteiger partial charge < -0.3 is 13.7 Å². The van der Waals surface area contributed by atoms with Crippen molar-refractivity contribution in [2.45, 2.75) is 20.3 Å². The normalized spacial score (nSPS) is 11.8. The summed E-state index contributed by atoms with van der Waals surface area (Å²) in [5.74, 6) is 0. The molecule has 3 aromatic heterocycles. The predicted octanol–water partition coefficient (Wildman–Crippen LogP) is 39.1. The van der Waals surface area contributed by atoms with Crippen LogP contribution in [0.1, 0.15) is 18.1 Å². The molecule has 0 unspecified atom stereocenters. The zero-order valence-corrected chi connectivity index (χ0v) is 79.6. The average Bonchev–Trinajstić information content (AvgIpc) is 1.38. The zero-order valence-electron chi connectivity index (χ0n) is 79.6. The van der Waals surface area contributed by atoms with Gasteiger partial charge in [-0.05, 0) is 259 Å². The maximum Gasteiger partial charge on any atom is 0.0622 e. The molecule has 27 aromatic carbocycles. The van der Waals surface area contributed by atoms with Crippen molar-refractivity contribution in [3.63, 3.8) is 0 Å². The highest BCUT2D eigenvalue weighted by Gasteiger charge is 2.27. The maximum absolute atomic E-state index is 2.51. The zero-order chi connectivity index (χ0) is 95.1.